The lowest BCUT2D eigenvalue weighted by molar-refractivity contribution is 0.382. The van der Waals surface area contributed by atoms with E-state index in [1.54, 1.807) is 0 Å². The molecular weight excluding hydrogens is 138 g/mol. The van der Waals surface area contributed by atoms with Crippen LogP contribution in [0, 0.1) is 6.92 Å². The van der Waals surface area contributed by atoms with Gasteiger partial charge in [-0.25, -0.2) is 4.98 Å². The number of likely N-dealkylation sites (N-methyl/N-ethyl adjacent to an activating group) is 1. The van der Waals surface area contributed by atoms with Gasteiger partial charge in [0, 0.05) is 25.0 Å². The van der Waals surface area contributed by atoms with Crippen LogP contribution in [0.4, 0.5) is 0 Å². The predicted octanol–water partition coefficient (Wildman–Crippen LogP) is 0.753. The number of hydrogen-bond acceptors (Lipinski definition) is 2. The van der Waals surface area contributed by atoms with Gasteiger partial charge in [0.15, 0.2) is 0 Å². The highest BCUT2D eigenvalue weighted by atomic mass is 15.1. The van der Waals surface area contributed by atoms with Gasteiger partial charge in [0.25, 0.3) is 0 Å². The fourth-order valence-corrected chi connectivity index (χ4v) is 0.929. The predicted molar refractivity (Wildman–Crippen MR) is 45.5 cm³/mol. The molecule has 62 valence electrons. The first-order valence-electron chi connectivity index (χ1n) is 3.81. The fraction of sp³-hybridized carbons (Fsp3) is 0.625. The standard InChI is InChI=1S/C8H15N3/c1-8-6-9-7-11(8)5-4-10(2)3/h6-7H,4-5H2,1-3H3. The lowest BCUT2D eigenvalue weighted by Gasteiger charge is -2.10. The van der Waals surface area contributed by atoms with Crippen molar-refractivity contribution < 1.29 is 0 Å². The van der Waals surface area contributed by atoms with Gasteiger partial charge in [-0.2, -0.15) is 0 Å². The smallest absolute Gasteiger partial charge is 0.0948 e. The fourth-order valence-electron chi connectivity index (χ4n) is 0.929. The minimum atomic E-state index is 1.03. The van der Waals surface area contributed by atoms with Crippen molar-refractivity contribution in [2.24, 2.45) is 0 Å². The first-order chi connectivity index (χ1) is 5.20. The SMILES string of the molecule is Cc1cncn1CCN(C)C. The summed E-state index contributed by atoms with van der Waals surface area (Å²) in [6.07, 6.45) is 3.76. The lowest BCUT2D eigenvalue weighted by Crippen LogP contribution is -2.18. The Morgan fingerprint density at radius 2 is 2.27 bits per heavy atom. The average Bonchev–Trinajstić information content (AvgIpc) is 2.31. The van der Waals surface area contributed by atoms with Crippen molar-refractivity contribution in [3.63, 3.8) is 0 Å². The third-order valence-corrected chi connectivity index (χ3v) is 1.71. The van der Waals surface area contributed by atoms with Gasteiger partial charge in [-0.15, -0.1) is 0 Å². The van der Waals surface area contributed by atoms with Gasteiger partial charge in [0.1, 0.15) is 0 Å². The van der Waals surface area contributed by atoms with Gasteiger partial charge < -0.3 is 9.47 Å². The van der Waals surface area contributed by atoms with Crippen molar-refractivity contribution in [2.45, 2.75) is 13.5 Å². The summed E-state index contributed by atoms with van der Waals surface area (Å²) in [4.78, 5) is 6.21. The van der Waals surface area contributed by atoms with E-state index in [1.165, 1.54) is 5.69 Å². The van der Waals surface area contributed by atoms with Gasteiger partial charge in [0.05, 0.1) is 6.33 Å². The number of hydrogen-bond donors (Lipinski definition) is 0. The van der Waals surface area contributed by atoms with Crippen LogP contribution in [0.25, 0.3) is 0 Å². The summed E-state index contributed by atoms with van der Waals surface area (Å²) in [5.74, 6) is 0. The largest absolute Gasteiger partial charge is 0.334 e. The van der Waals surface area contributed by atoms with Crippen LogP contribution < -0.4 is 0 Å². The summed E-state index contributed by atoms with van der Waals surface area (Å²) in [7, 11) is 4.15. The van der Waals surface area contributed by atoms with E-state index in [4.69, 9.17) is 0 Å². The highest BCUT2D eigenvalue weighted by Crippen LogP contribution is 1.95. The van der Waals surface area contributed by atoms with Crippen LogP contribution in [-0.4, -0.2) is 35.1 Å². The molecule has 0 aliphatic rings. The van der Waals surface area contributed by atoms with Crippen molar-refractivity contribution in [3.05, 3.63) is 18.2 Å². The number of nitrogens with zero attached hydrogens (tertiary/aromatic N) is 3. The van der Waals surface area contributed by atoms with Gasteiger partial charge in [-0.1, -0.05) is 0 Å². The monoisotopic (exact) mass is 153 g/mol. The Morgan fingerprint density at radius 1 is 1.55 bits per heavy atom. The molecule has 0 atom stereocenters. The second-order valence-electron chi connectivity index (χ2n) is 3.03. The molecule has 0 saturated carbocycles. The minimum Gasteiger partial charge on any atom is -0.334 e. The molecule has 0 bridgehead atoms. The molecular formula is C8H15N3. The van der Waals surface area contributed by atoms with E-state index in [9.17, 15) is 0 Å². The molecule has 0 fully saturated rings. The second-order valence-corrected chi connectivity index (χ2v) is 3.03. The number of rotatable bonds is 3. The lowest BCUT2D eigenvalue weighted by atomic mass is 10.5. The van der Waals surface area contributed by atoms with Crippen LogP contribution in [0.2, 0.25) is 0 Å². The van der Waals surface area contributed by atoms with Gasteiger partial charge in [0.2, 0.25) is 0 Å². The molecule has 0 spiro atoms. The molecule has 1 rings (SSSR count). The number of aromatic nitrogens is 2. The average molecular weight is 153 g/mol. The summed E-state index contributed by atoms with van der Waals surface area (Å²) in [5.41, 5.74) is 1.23. The molecule has 3 nitrogen and oxygen atoms in total. The van der Waals surface area contributed by atoms with E-state index in [-0.39, 0.29) is 0 Å². The Bertz CT molecular complexity index is 215. The second kappa shape index (κ2) is 3.53. The normalized spacial score (nSPS) is 10.9. The Balaban J connectivity index is 2.44. The Labute approximate surface area is 67.7 Å². The van der Waals surface area contributed by atoms with Crippen LogP contribution >= 0.6 is 0 Å². The van der Waals surface area contributed by atoms with E-state index in [2.05, 4.69) is 35.5 Å². The number of aryl methyl sites for hydroxylation is 1. The Morgan fingerprint density at radius 3 is 2.73 bits per heavy atom. The van der Waals surface area contributed by atoms with E-state index < -0.39 is 0 Å². The topological polar surface area (TPSA) is 21.1 Å². The van der Waals surface area contributed by atoms with Crippen LogP contribution in [0.15, 0.2) is 12.5 Å². The molecule has 0 unspecified atom stereocenters. The summed E-state index contributed by atoms with van der Waals surface area (Å²) in [5, 5.41) is 0. The van der Waals surface area contributed by atoms with Gasteiger partial charge in [-0.05, 0) is 21.0 Å². The first-order valence-corrected chi connectivity index (χ1v) is 3.81. The van der Waals surface area contributed by atoms with Crippen molar-refractivity contribution in [1.82, 2.24) is 14.5 Å². The third kappa shape index (κ3) is 2.35. The molecule has 0 aliphatic carbocycles. The van der Waals surface area contributed by atoms with Crippen LogP contribution in [0.3, 0.4) is 0 Å². The molecule has 3 heteroatoms. The van der Waals surface area contributed by atoms with Crippen LogP contribution in [0.1, 0.15) is 5.69 Å². The zero-order valence-electron chi connectivity index (χ0n) is 7.41. The molecule has 0 amide bonds. The quantitative estimate of drug-likeness (QED) is 0.639. The van der Waals surface area contributed by atoms with E-state index in [1.807, 2.05) is 12.5 Å². The van der Waals surface area contributed by atoms with E-state index in [0.29, 0.717) is 0 Å². The number of imidazole rings is 1. The van der Waals surface area contributed by atoms with Crippen molar-refractivity contribution in [1.29, 1.82) is 0 Å². The van der Waals surface area contributed by atoms with Gasteiger partial charge >= 0.3 is 0 Å². The maximum absolute atomic E-state index is 4.04. The molecule has 1 heterocycles. The molecule has 0 N–H and O–H groups in total. The highest BCUT2D eigenvalue weighted by molar-refractivity contribution is 4.93. The summed E-state index contributed by atoms with van der Waals surface area (Å²) >= 11 is 0. The molecule has 0 aliphatic heterocycles. The molecule has 11 heavy (non-hydrogen) atoms. The summed E-state index contributed by atoms with van der Waals surface area (Å²) in [6, 6.07) is 0. The van der Waals surface area contributed by atoms with Gasteiger partial charge in [-0.3, -0.25) is 0 Å². The summed E-state index contributed by atoms with van der Waals surface area (Å²) < 4.78 is 2.15. The molecule has 0 radical (unpaired) electrons. The van der Waals surface area contributed by atoms with Crippen LogP contribution in [-0.2, 0) is 6.54 Å². The Kier molecular flexibility index (Phi) is 2.65. The molecule has 0 saturated heterocycles. The van der Waals surface area contributed by atoms with Crippen molar-refractivity contribution in [2.75, 3.05) is 20.6 Å². The highest BCUT2D eigenvalue weighted by Gasteiger charge is 1.95. The van der Waals surface area contributed by atoms with Crippen LogP contribution in [0.5, 0.6) is 0 Å². The third-order valence-electron chi connectivity index (χ3n) is 1.71. The molecule has 1 aromatic rings. The zero-order chi connectivity index (χ0) is 8.27. The molecule has 0 aromatic carbocycles. The van der Waals surface area contributed by atoms with E-state index in [0.717, 1.165) is 13.1 Å². The molecule has 1 aromatic heterocycles. The summed E-state index contributed by atoms with van der Waals surface area (Å²) in [6.45, 7) is 4.17. The maximum atomic E-state index is 4.04. The first kappa shape index (κ1) is 8.27. The Hall–Kier alpha value is -0.830. The van der Waals surface area contributed by atoms with Crippen molar-refractivity contribution in [3.8, 4) is 0 Å². The maximum Gasteiger partial charge on any atom is 0.0948 e. The van der Waals surface area contributed by atoms with E-state index >= 15 is 0 Å². The van der Waals surface area contributed by atoms with Crippen molar-refractivity contribution >= 4 is 0 Å². The minimum absolute atomic E-state index is 1.03. The zero-order valence-corrected chi connectivity index (χ0v) is 7.41.